The third-order valence-electron chi connectivity index (χ3n) is 3.79. The van der Waals surface area contributed by atoms with E-state index in [4.69, 9.17) is 16.3 Å². The Kier molecular flexibility index (Phi) is 6.06. The van der Waals surface area contributed by atoms with Crippen molar-refractivity contribution < 1.29 is 14.6 Å². The number of likely N-dealkylation sites (tertiary alicyclic amines) is 1. The number of halogens is 1. The van der Waals surface area contributed by atoms with Crippen LogP contribution in [0.4, 0.5) is 0 Å². The maximum atomic E-state index is 12.1. The van der Waals surface area contributed by atoms with Crippen molar-refractivity contribution in [1.82, 2.24) is 9.80 Å². The third-order valence-corrected chi connectivity index (χ3v) is 4.04. The summed E-state index contributed by atoms with van der Waals surface area (Å²) in [5.41, 5.74) is 0. The van der Waals surface area contributed by atoms with E-state index in [0.29, 0.717) is 17.3 Å². The van der Waals surface area contributed by atoms with E-state index in [1.54, 1.807) is 43.3 Å². The summed E-state index contributed by atoms with van der Waals surface area (Å²) >= 11 is 5.81. The first-order chi connectivity index (χ1) is 10.5. The largest absolute Gasteiger partial charge is 0.491 e. The molecule has 1 aliphatic heterocycles. The number of hydrogen-bond acceptors (Lipinski definition) is 4. The van der Waals surface area contributed by atoms with Crippen molar-refractivity contribution in [3.63, 3.8) is 0 Å². The van der Waals surface area contributed by atoms with Gasteiger partial charge in [-0.1, -0.05) is 11.6 Å². The number of β-amino-alcohol motifs (C(OH)–C–C–N with tert-alkyl or cyclic N) is 1. The second-order valence-electron chi connectivity index (χ2n) is 5.80. The van der Waals surface area contributed by atoms with Gasteiger partial charge in [0.25, 0.3) is 0 Å². The van der Waals surface area contributed by atoms with Crippen molar-refractivity contribution >= 4 is 17.5 Å². The average Bonchev–Trinajstić information content (AvgIpc) is 2.93. The molecule has 1 saturated heterocycles. The van der Waals surface area contributed by atoms with Crippen LogP contribution in [0.5, 0.6) is 5.75 Å². The number of amides is 1. The molecule has 0 aromatic heterocycles. The molecule has 0 bridgehead atoms. The molecule has 1 fully saturated rings. The molecule has 1 aromatic rings. The van der Waals surface area contributed by atoms with Crippen molar-refractivity contribution in [1.29, 1.82) is 0 Å². The van der Waals surface area contributed by atoms with E-state index < -0.39 is 6.10 Å². The van der Waals surface area contributed by atoms with Gasteiger partial charge in [0.1, 0.15) is 18.5 Å². The van der Waals surface area contributed by atoms with Gasteiger partial charge in [-0.15, -0.1) is 0 Å². The lowest BCUT2D eigenvalue weighted by Crippen LogP contribution is -2.46. The SMILES string of the molecule is CN(C)C(=O)C1CCCN1CC(O)COc1ccc(Cl)cc1. The summed E-state index contributed by atoms with van der Waals surface area (Å²) in [6.07, 6.45) is 1.20. The fraction of sp³-hybridized carbons (Fsp3) is 0.562. The highest BCUT2D eigenvalue weighted by Gasteiger charge is 2.32. The Morgan fingerprint density at radius 2 is 2.14 bits per heavy atom. The number of hydrogen-bond donors (Lipinski definition) is 1. The molecule has 122 valence electrons. The second-order valence-corrected chi connectivity index (χ2v) is 6.24. The molecule has 1 N–H and O–H groups in total. The zero-order valence-electron chi connectivity index (χ0n) is 13.0. The lowest BCUT2D eigenvalue weighted by atomic mass is 10.2. The summed E-state index contributed by atoms with van der Waals surface area (Å²) in [6, 6.07) is 6.90. The molecule has 0 radical (unpaired) electrons. The summed E-state index contributed by atoms with van der Waals surface area (Å²) < 4.78 is 5.55. The van der Waals surface area contributed by atoms with Crippen molar-refractivity contribution in [2.75, 3.05) is 33.8 Å². The maximum Gasteiger partial charge on any atom is 0.239 e. The highest BCUT2D eigenvalue weighted by molar-refractivity contribution is 6.30. The van der Waals surface area contributed by atoms with E-state index in [1.807, 2.05) is 4.90 Å². The number of aliphatic hydroxyl groups excluding tert-OH is 1. The number of carbonyl (C=O) groups is 1. The highest BCUT2D eigenvalue weighted by Crippen LogP contribution is 2.20. The Morgan fingerprint density at radius 1 is 1.45 bits per heavy atom. The zero-order chi connectivity index (χ0) is 16.1. The van der Waals surface area contributed by atoms with Gasteiger partial charge in [0, 0.05) is 25.7 Å². The van der Waals surface area contributed by atoms with Crippen molar-refractivity contribution in [2.24, 2.45) is 0 Å². The molecule has 6 heteroatoms. The van der Waals surface area contributed by atoms with Gasteiger partial charge in [-0.25, -0.2) is 0 Å². The van der Waals surface area contributed by atoms with Crippen LogP contribution in [0.3, 0.4) is 0 Å². The quantitative estimate of drug-likeness (QED) is 0.863. The van der Waals surface area contributed by atoms with Crippen LogP contribution >= 0.6 is 11.6 Å². The first-order valence-corrected chi connectivity index (χ1v) is 7.87. The standard InChI is InChI=1S/C16H23ClN2O3/c1-18(2)16(21)15-4-3-9-19(15)10-13(20)11-22-14-7-5-12(17)6-8-14/h5-8,13,15,20H,3-4,9-11H2,1-2H3. The molecule has 0 aliphatic carbocycles. The van der Waals surface area contributed by atoms with E-state index in [2.05, 4.69) is 0 Å². The Bertz CT molecular complexity index is 493. The van der Waals surface area contributed by atoms with Crippen molar-refractivity contribution in [3.05, 3.63) is 29.3 Å². The second kappa shape index (κ2) is 7.81. The van der Waals surface area contributed by atoms with Crippen LogP contribution in [0.15, 0.2) is 24.3 Å². The number of benzene rings is 1. The minimum atomic E-state index is -0.633. The van der Waals surface area contributed by atoms with Crippen LogP contribution in [0.25, 0.3) is 0 Å². The Labute approximate surface area is 136 Å². The lowest BCUT2D eigenvalue weighted by molar-refractivity contribution is -0.133. The molecule has 1 heterocycles. The molecule has 1 aliphatic rings. The highest BCUT2D eigenvalue weighted by atomic mass is 35.5. The van der Waals surface area contributed by atoms with Crippen LogP contribution in [-0.4, -0.2) is 66.8 Å². The third kappa shape index (κ3) is 4.60. The van der Waals surface area contributed by atoms with Crippen molar-refractivity contribution in [3.8, 4) is 5.75 Å². The molecule has 2 atom stereocenters. The van der Waals surface area contributed by atoms with Crippen molar-refractivity contribution in [2.45, 2.75) is 25.0 Å². The number of likely N-dealkylation sites (N-methyl/N-ethyl adjacent to an activating group) is 1. The van der Waals surface area contributed by atoms with Gasteiger partial charge in [0.05, 0.1) is 6.04 Å². The van der Waals surface area contributed by atoms with E-state index in [9.17, 15) is 9.90 Å². The topological polar surface area (TPSA) is 53.0 Å². The van der Waals surface area contributed by atoms with Crippen LogP contribution in [0.2, 0.25) is 5.02 Å². The summed E-state index contributed by atoms with van der Waals surface area (Å²) in [7, 11) is 3.53. The van der Waals surface area contributed by atoms with Crippen LogP contribution in [-0.2, 0) is 4.79 Å². The first-order valence-electron chi connectivity index (χ1n) is 7.49. The Hall–Kier alpha value is -1.30. The molecule has 2 rings (SSSR count). The number of aliphatic hydroxyl groups is 1. The monoisotopic (exact) mass is 326 g/mol. The van der Waals surface area contributed by atoms with Crippen LogP contribution in [0, 0.1) is 0 Å². The molecule has 5 nitrogen and oxygen atoms in total. The van der Waals surface area contributed by atoms with Gasteiger partial charge in [-0.3, -0.25) is 9.69 Å². The summed E-state index contributed by atoms with van der Waals surface area (Å²) in [6.45, 7) is 1.47. The van der Waals surface area contributed by atoms with Gasteiger partial charge in [-0.05, 0) is 43.7 Å². The normalized spacial score (nSPS) is 19.9. The molecular formula is C16H23ClN2O3. The number of nitrogens with zero attached hydrogens (tertiary/aromatic N) is 2. The predicted molar refractivity (Wildman–Crippen MR) is 86.2 cm³/mol. The Balaban J connectivity index is 1.82. The van der Waals surface area contributed by atoms with Crippen LogP contribution < -0.4 is 4.74 Å². The van der Waals surface area contributed by atoms with E-state index in [-0.39, 0.29) is 18.6 Å². The number of carbonyl (C=O) groups excluding carboxylic acids is 1. The smallest absolute Gasteiger partial charge is 0.239 e. The van der Waals surface area contributed by atoms with Gasteiger partial charge in [0.15, 0.2) is 0 Å². The van der Waals surface area contributed by atoms with Crippen LogP contribution in [0.1, 0.15) is 12.8 Å². The number of rotatable bonds is 6. The molecule has 2 unspecified atom stereocenters. The lowest BCUT2D eigenvalue weighted by Gasteiger charge is -2.27. The van der Waals surface area contributed by atoms with E-state index in [1.165, 1.54) is 0 Å². The Morgan fingerprint density at radius 3 is 2.77 bits per heavy atom. The minimum absolute atomic E-state index is 0.100. The van der Waals surface area contributed by atoms with E-state index in [0.717, 1.165) is 19.4 Å². The molecular weight excluding hydrogens is 304 g/mol. The van der Waals surface area contributed by atoms with Gasteiger partial charge < -0.3 is 14.7 Å². The summed E-state index contributed by atoms with van der Waals surface area (Å²) in [5.74, 6) is 0.772. The zero-order valence-corrected chi connectivity index (χ0v) is 13.8. The van der Waals surface area contributed by atoms with Gasteiger partial charge in [-0.2, -0.15) is 0 Å². The molecule has 0 spiro atoms. The molecule has 0 saturated carbocycles. The first kappa shape index (κ1) is 17.1. The number of ether oxygens (including phenoxy) is 1. The fourth-order valence-electron chi connectivity index (χ4n) is 2.67. The van der Waals surface area contributed by atoms with E-state index >= 15 is 0 Å². The molecule has 22 heavy (non-hydrogen) atoms. The molecule has 1 amide bonds. The average molecular weight is 327 g/mol. The molecule has 1 aromatic carbocycles. The van der Waals surface area contributed by atoms with Gasteiger partial charge >= 0.3 is 0 Å². The van der Waals surface area contributed by atoms with Gasteiger partial charge in [0.2, 0.25) is 5.91 Å². The predicted octanol–water partition coefficient (Wildman–Crippen LogP) is 1.63. The summed E-state index contributed by atoms with van der Waals surface area (Å²) in [4.78, 5) is 15.8. The summed E-state index contributed by atoms with van der Waals surface area (Å²) in [5, 5.41) is 10.8. The minimum Gasteiger partial charge on any atom is -0.491 e. The fourth-order valence-corrected chi connectivity index (χ4v) is 2.80. The maximum absolute atomic E-state index is 12.1.